The lowest BCUT2D eigenvalue weighted by Crippen LogP contribution is -2.48. The molecule has 1 aliphatic rings. The van der Waals surface area contributed by atoms with E-state index in [1.165, 1.54) is 12.1 Å². The van der Waals surface area contributed by atoms with Crippen molar-refractivity contribution in [1.29, 1.82) is 0 Å². The number of carbonyl (C=O) groups is 1. The molecule has 0 N–H and O–H groups in total. The monoisotopic (exact) mass is 278 g/mol. The van der Waals surface area contributed by atoms with Crippen LogP contribution in [0.4, 0.5) is 4.39 Å². The number of halogens is 1. The van der Waals surface area contributed by atoms with E-state index in [9.17, 15) is 9.18 Å². The fourth-order valence-electron chi connectivity index (χ4n) is 2.58. The molecule has 20 heavy (non-hydrogen) atoms. The number of rotatable bonds is 5. The van der Waals surface area contributed by atoms with Gasteiger partial charge in [-0.1, -0.05) is 13.8 Å². The van der Waals surface area contributed by atoms with Gasteiger partial charge in [0.1, 0.15) is 5.82 Å². The maximum absolute atomic E-state index is 12.8. The van der Waals surface area contributed by atoms with Gasteiger partial charge in [0.15, 0.2) is 5.78 Å². The van der Waals surface area contributed by atoms with Gasteiger partial charge in [0.2, 0.25) is 0 Å². The van der Waals surface area contributed by atoms with Gasteiger partial charge in [0, 0.05) is 38.3 Å². The smallest absolute Gasteiger partial charge is 0.176 e. The summed E-state index contributed by atoms with van der Waals surface area (Å²) in [4.78, 5) is 16.7. The van der Waals surface area contributed by atoms with Crippen LogP contribution < -0.4 is 0 Å². The van der Waals surface area contributed by atoms with E-state index in [0.717, 1.165) is 32.7 Å². The number of carbonyl (C=O) groups excluding carboxylic acids is 1. The summed E-state index contributed by atoms with van der Waals surface area (Å²) in [7, 11) is 0. The number of nitrogens with zero attached hydrogens (tertiary/aromatic N) is 2. The summed E-state index contributed by atoms with van der Waals surface area (Å²) in [6.07, 6.45) is 0. The first-order valence-electron chi connectivity index (χ1n) is 7.28. The normalized spacial score (nSPS) is 17.6. The van der Waals surface area contributed by atoms with Gasteiger partial charge >= 0.3 is 0 Å². The lowest BCUT2D eigenvalue weighted by Gasteiger charge is -2.35. The average molecular weight is 278 g/mol. The van der Waals surface area contributed by atoms with Crippen molar-refractivity contribution in [3.63, 3.8) is 0 Å². The van der Waals surface area contributed by atoms with E-state index in [-0.39, 0.29) is 11.6 Å². The first kappa shape index (κ1) is 15.1. The Morgan fingerprint density at radius 2 is 1.65 bits per heavy atom. The summed E-state index contributed by atoms with van der Waals surface area (Å²) in [6.45, 7) is 9.92. The van der Waals surface area contributed by atoms with Crippen molar-refractivity contribution < 1.29 is 9.18 Å². The summed E-state index contributed by atoms with van der Waals surface area (Å²) in [5.74, 6) is 0.452. The molecular weight excluding hydrogens is 255 g/mol. The zero-order chi connectivity index (χ0) is 14.5. The third kappa shape index (κ3) is 4.39. The van der Waals surface area contributed by atoms with Gasteiger partial charge in [-0.2, -0.15) is 0 Å². The van der Waals surface area contributed by atoms with Gasteiger partial charge in [0.05, 0.1) is 6.54 Å². The van der Waals surface area contributed by atoms with Crippen LogP contribution >= 0.6 is 0 Å². The minimum Gasteiger partial charge on any atom is -0.301 e. The van der Waals surface area contributed by atoms with Gasteiger partial charge in [-0.15, -0.1) is 0 Å². The topological polar surface area (TPSA) is 23.6 Å². The second kappa shape index (κ2) is 6.95. The molecule has 1 saturated heterocycles. The Balaban J connectivity index is 1.80. The SMILES string of the molecule is CC(C)CN1CCN(CC(=O)c2ccc(F)cc2)CC1. The molecule has 0 unspecified atom stereocenters. The van der Waals surface area contributed by atoms with Crippen molar-refractivity contribution in [1.82, 2.24) is 9.80 Å². The van der Waals surface area contributed by atoms with Gasteiger partial charge in [-0.25, -0.2) is 4.39 Å². The Hall–Kier alpha value is -1.26. The van der Waals surface area contributed by atoms with Crippen LogP contribution in [0.1, 0.15) is 24.2 Å². The van der Waals surface area contributed by atoms with Crippen molar-refractivity contribution >= 4 is 5.78 Å². The molecule has 3 nitrogen and oxygen atoms in total. The molecule has 4 heteroatoms. The summed E-state index contributed by atoms with van der Waals surface area (Å²) < 4.78 is 12.8. The summed E-state index contributed by atoms with van der Waals surface area (Å²) in [5.41, 5.74) is 0.594. The second-order valence-electron chi connectivity index (χ2n) is 5.90. The quantitative estimate of drug-likeness (QED) is 0.772. The summed E-state index contributed by atoms with van der Waals surface area (Å²) in [6, 6.07) is 5.81. The molecule has 0 bridgehead atoms. The Morgan fingerprint density at radius 3 is 2.20 bits per heavy atom. The van der Waals surface area contributed by atoms with Gasteiger partial charge in [0.25, 0.3) is 0 Å². The zero-order valence-electron chi connectivity index (χ0n) is 12.3. The van der Waals surface area contributed by atoms with Gasteiger partial charge in [-0.05, 0) is 30.2 Å². The molecule has 0 spiro atoms. The molecule has 1 aromatic carbocycles. The van der Waals surface area contributed by atoms with Crippen LogP contribution in [0, 0.1) is 11.7 Å². The molecule has 110 valence electrons. The van der Waals surface area contributed by atoms with Gasteiger partial charge < -0.3 is 4.90 Å². The minimum absolute atomic E-state index is 0.0716. The third-order valence-electron chi connectivity index (χ3n) is 3.62. The molecular formula is C16H23FN2O. The lowest BCUT2D eigenvalue weighted by molar-refractivity contribution is 0.0837. The highest BCUT2D eigenvalue weighted by Gasteiger charge is 2.19. The number of hydrogen-bond donors (Lipinski definition) is 0. The van der Waals surface area contributed by atoms with E-state index in [1.54, 1.807) is 12.1 Å². The van der Waals surface area contributed by atoms with E-state index in [1.807, 2.05) is 0 Å². The predicted octanol–water partition coefficient (Wildman–Crippen LogP) is 2.28. The minimum atomic E-state index is -0.302. The van der Waals surface area contributed by atoms with Crippen LogP contribution in [0.25, 0.3) is 0 Å². The fourth-order valence-corrected chi connectivity index (χ4v) is 2.58. The molecule has 2 rings (SSSR count). The molecule has 0 amide bonds. The zero-order valence-corrected chi connectivity index (χ0v) is 12.3. The molecule has 1 heterocycles. The highest BCUT2D eigenvalue weighted by atomic mass is 19.1. The standard InChI is InChI=1S/C16H23FN2O/c1-13(2)11-18-7-9-19(10-8-18)12-16(20)14-3-5-15(17)6-4-14/h3-6,13H,7-12H2,1-2H3. The van der Waals surface area contributed by atoms with Crippen LogP contribution in [0.5, 0.6) is 0 Å². The first-order valence-corrected chi connectivity index (χ1v) is 7.28. The van der Waals surface area contributed by atoms with Crippen molar-refractivity contribution in [2.24, 2.45) is 5.92 Å². The van der Waals surface area contributed by atoms with Crippen LogP contribution in [0.2, 0.25) is 0 Å². The van der Waals surface area contributed by atoms with Crippen LogP contribution in [0.15, 0.2) is 24.3 Å². The molecule has 0 saturated carbocycles. The predicted molar refractivity (Wildman–Crippen MR) is 78.4 cm³/mol. The summed E-state index contributed by atoms with van der Waals surface area (Å²) >= 11 is 0. The number of benzene rings is 1. The van der Waals surface area contributed by atoms with Crippen LogP contribution in [-0.4, -0.2) is 54.9 Å². The van der Waals surface area contributed by atoms with Gasteiger partial charge in [-0.3, -0.25) is 9.69 Å². The molecule has 0 aromatic heterocycles. The Labute approximate surface area is 120 Å². The van der Waals surface area contributed by atoms with E-state index >= 15 is 0 Å². The maximum atomic E-state index is 12.8. The van der Waals surface area contributed by atoms with E-state index in [4.69, 9.17) is 0 Å². The van der Waals surface area contributed by atoms with E-state index in [0.29, 0.717) is 18.0 Å². The number of piperazine rings is 1. The Kier molecular flexibility index (Phi) is 5.26. The molecule has 0 atom stereocenters. The lowest BCUT2D eigenvalue weighted by atomic mass is 10.1. The number of hydrogen-bond acceptors (Lipinski definition) is 3. The Bertz CT molecular complexity index is 436. The van der Waals surface area contributed by atoms with Crippen molar-refractivity contribution in [2.75, 3.05) is 39.3 Å². The summed E-state index contributed by atoms with van der Waals surface area (Å²) in [5, 5.41) is 0. The number of ketones is 1. The van der Waals surface area contributed by atoms with Crippen molar-refractivity contribution in [3.8, 4) is 0 Å². The van der Waals surface area contributed by atoms with Crippen molar-refractivity contribution in [3.05, 3.63) is 35.6 Å². The average Bonchev–Trinajstić information content (AvgIpc) is 2.41. The first-order chi connectivity index (χ1) is 9.54. The fraction of sp³-hybridized carbons (Fsp3) is 0.562. The van der Waals surface area contributed by atoms with E-state index < -0.39 is 0 Å². The van der Waals surface area contributed by atoms with Crippen LogP contribution in [0.3, 0.4) is 0 Å². The molecule has 0 radical (unpaired) electrons. The molecule has 1 fully saturated rings. The van der Waals surface area contributed by atoms with Crippen LogP contribution in [-0.2, 0) is 0 Å². The number of Topliss-reactive ketones (excluding diaryl/α,β-unsaturated/α-hetero) is 1. The van der Waals surface area contributed by atoms with Crippen molar-refractivity contribution in [2.45, 2.75) is 13.8 Å². The highest BCUT2D eigenvalue weighted by molar-refractivity contribution is 5.97. The van der Waals surface area contributed by atoms with E-state index in [2.05, 4.69) is 23.6 Å². The highest BCUT2D eigenvalue weighted by Crippen LogP contribution is 2.08. The molecule has 1 aromatic rings. The second-order valence-corrected chi connectivity index (χ2v) is 5.90. The molecule has 0 aliphatic carbocycles. The largest absolute Gasteiger partial charge is 0.301 e. The Morgan fingerprint density at radius 1 is 1.10 bits per heavy atom. The molecule has 1 aliphatic heterocycles. The maximum Gasteiger partial charge on any atom is 0.176 e. The third-order valence-corrected chi connectivity index (χ3v) is 3.62.